The van der Waals surface area contributed by atoms with E-state index in [0.717, 1.165) is 29.7 Å². The molecule has 0 aliphatic heterocycles. The molecule has 0 radical (unpaired) electrons. The number of hydrogen-bond donors (Lipinski definition) is 3. The van der Waals surface area contributed by atoms with Gasteiger partial charge < -0.3 is 21.3 Å². The summed E-state index contributed by atoms with van der Waals surface area (Å²) >= 11 is 0. The lowest BCUT2D eigenvalue weighted by Gasteiger charge is -2.23. The van der Waals surface area contributed by atoms with Gasteiger partial charge in [-0.2, -0.15) is 0 Å². The second-order valence-corrected chi connectivity index (χ2v) is 5.14. The molecular weight excluding hydrogens is 200 g/mol. The Morgan fingerprint density at radius 1 is 1.19 bits per heavy atom. The highest BCUT2D eigenvalue weighted by Crippen LogP contribution is 2.20. The summed E-state index contributed by atoms with van der Waals surface area (Å²) in [6, 6.07) is 5.57. The van der Waals surface area contributed by atoms with Crippen LogP contribution in [0.5, 0.6) is 0 Å². The average Bonchev–Trinajstić information content (AvgIpc) is 2.13. The SMILES string of the molecule is C[N+](C)(C)CCCNc1ccc(N)cc1N. The van der Waals surface area contributed by atoms with Crippen molar-refractivity contribution >= 4 is 17.1 Å². The molecule has 1 aromatic carbocycles. The fraction of sp³-hybridized carbons (Fsp3) is 0.500. The number of nitrogens with zero attached hydrogens (tertiary/aromatic N) is 1. The summed E-state index contributed by atoms with van der Waals surface area (Å²) in [4.78, 5) is 0. The van der Waals surface area contributed by atoms with E-state index in [4.69, 9.17) is 11.5 Å². The van der Waals surface area contributed by atoms with Gasteiger partial charge in [0, 0.05) is 18.7 Å². The Hall–Kier alpha value is -1.42. The molecule has 0 saturated heterocycles. The summed E-state index contributed by atoms with van der Waals surface area (Å²) < 4.78 is 0.985. The summed E-state index contributed by atoms with van der Waals surface area (Å²) in [6.45, 7) is 2.07. The minimum absolute atomic E-state index is 0.703. The third-order valence-electron chi connectivity index (χ3n) is 2.40. The predicted molar refractivity (Wildman–Crippen MR) is 71.3 cm³/mol. The van der Waals surface area contributed by atoms with Gasteiger partial charge in [-0.25, -0.2) is 0 Å². The number of nitrogens with one attached hydrogen (secondary N) is 1. The molecule has 0 aliphatic rings. The molecule has 16 heavy (non-hydrogen) atoms. The van der Waals surface area contributed by atoms with E-state index in [1.807, 2.05) is 12.1 Å². The molecule has 1 aromatic rings. The van der Waals surface area contributed by atoms with Crippen molar-refractivity contribution in [3.8, 4) is 0 Å². The Bertz CT molecular complexity index is 341. The zero-order valence-electron chi connectivity index (χ0n) is 10.5. The van der Waals surface area contributed by atoms with Gasteiger partial charge in [-0.15, -0.1) is 0 Å². The molecule has 5 N–H and O–H groups in total. The second-order valence-electron chi connectivity index (χ2n) is 5.14. The van der Waals surface area contributed by atoms with Crippen LogP contribution in [0.4, 0.5) is 17.1 Å². The van der Waals surface area contributed by atoms with Gasteiger partial charge in [-0.3, -0.25) is 0 Å². The van der Waals surface area contributed by atoms with Crippen LogP contribution in [0.15, 0.2) is 18.2 Å². The summed E-state index contributed by atoms with van der Waals surface area (Å²) in [5.74, 6) is 0. The van der Waals surface area contributed by atoms with Gasteiger partial charge in [0.05, 0.1) is 39.1 Å². The minimum Gasteiger partial charge on any atom is -0.399 e. The van der Waals surface area contributed by atoms with Crippen molar-refractivity contribution in [3.05, 3.63) is 18.2 Å². The Kier molecular flexibility index (Phi) is 4.01. The van der Waals surface area contributed by atoms with E-state index in [0.29, 0.717) is 11.4 Å². The van der Waals surface area contributed by atoms with Crippen molar-refractivity contribution in [2.75, 3.05) is 51.0 Å². The van der Waals surface area contributed by atoms with Crippen molar-refractivity contribution in [1.82, 2.24) is 0 Å². The van der Waals surface area contributed by atoms with Crippen LogP contribution >= 0.6 is 0 Å². The first-order valence-electron chi connectivity index (χ1n) is 5.58. The molecule has 4 nitrogen and oxygen atoms in total. The first-order valence-corrected chi connectivity index (χ1v) is 5.58. The van der Waals surface area contributed by atoms with E-state index >= 15 is 0 Å². The van der Waals surface area contributed by atoms with Crippen LogP contribution in [0.25, 0.3) is 0 Å². The summed E-state index contributed by atoms with van der Waals surface area (Å²) in [5, 5.41) is 3.32. The summed E-state index contributed by atoms with van der Waals surface area (Å²) in [6.07, 6.45) is 1.12. The van der Waals surface area contributed by atoms with Crippen molar-refractivity contribution in [3.63, 3.8) is 0 Å². The smallest absolute Gasteiger partial charge is 0.0797 e. The minimum atomic E-state index is 0.703. The van der Waals surface area contributed by atoms with Crippen molar-refractivity contribution < 1.29 is 4.48 Å². The van der Waals surface area contributed by atoms with Gasteiger partial charge >= 0.3 is 0 Å². The number of nitrogens with two attached hydrogens (primary N) is 2. The van der Waals surface area contributed by atoms with Crippen LogP contribution in [0.3, 0.4) is 0 Å². The van der Waals surface area contributed by atoms with Crippen LogP contribution in [0.2, 0.25) is 0 Å². The number of anilines is 3. The quantitative estimate of drug-likeness (QED) is 0.401. The van der Waals surface area contributed by atoms with Crippen LogP contribution in [0, 0.1) is 0 Å². The molecule has 90 valence electrons. The third kappa shape index (κ3) is 4.40. The van der Waals surface area contributed by atoms with E-state index in [1.165, 1.54) is 0 Å². The molecule has 0 bridgehead atoms. The molecule has 0 fully saturated rings. The summed E-state index contributed by atoms with van der Waals surface area (Å²) in [5.41, 5.74) is 13.9. The lowest BCUT2D eigenvalue weighted by Crippen LogP contribution is -2.36. The maximum Gasteiger partial charge on any atom is 0.0797 e. The van der Waals surface area contributed by atoms with Crippen molar-refractivity contribution in [1.29, 1.82) is 0 Å². The number of rotatable bonds is 5. The van der Waals surface area contributed by atoms with E-state index in [1.54, 1.807) is 6.07 Å². The molecule has 0 unspecified atom stereocenters. The lowest BCUT2D eigenvalue weighted by atomic mass is 10.2. The normalized spacial score (nSPS) is 11.4. The van der Waals surface area contributed by atoms with Crippen LogP contribution in [-0.4, -0.2) is 38.7 Å². The first-order chi connectivity index (χ1) is 7.38. The Balaban J connectivity index is 2.38. The molecule has 0 amide bonds. The molecule has 0 spiro atoms. The highest BCUT2D eigenvalue weighted by atomic mass is 15.3. The predicted octanol–water partition coefficient (Wildman–Crippen LogP) is 1.36. The molecular formula is C12H23N4+. The van der Waals surface area contributed by atoms with Gasteiger partial charge in [0.15, 0.2) is 0 Å². The van der Waals surface area contributed by atoms with Crippen LogP contribution in [-0.2, 0) is 0 Å². The Morgan fingerprint density at radius 3 is 2.44 bits per heavy atom. The number of nitrogen functional groups attached to an aromatic ring is 2. The number of hydrogen-bond acceptors (Lipinski definition) is 3. The lowest BCUT2D eigenvalue weighted by molar-refractivity contribution is -0.870. The number of quaternary nitrogens is 1. The molecule has 0 aliphatic carbocycles. The topological polar surface area (TPSA) is 64.1 Å². The maximum atomic E-state index is 5.84. The molecule has 1 rings (SSSR count). The largest absolute Gasteiger partial charge is 0.399 e. The van der Waals surface area contributed by atoms with Crippen molar-refractivity contribution in [2.24, 2.45) is 0 Å². The highest BCUT2D eigenvalue weighted by Gasteiger charge is 2.05. The zero-order valence-corrected chi connectivity index (χ0v) is 10.5. The van der Waals surface area contributed by atoms with E-state index in [2.05, 4.69) is 26.5 Å². The maximum absolute atomic E-state index is 5.84. The molecule has 0 aromatic heterocycles. The first kappa shape index (κ1) is 12.6. The third-order valence-corrected chi connectivity index (χ3v) is 2.40. The van der Waals surface area contributed by atoms with Crippen LogP contribution in [0.1, 0.15) is 6.42 Å². The molecule has 0 atom stereocenters. The zero-order chi connectivity index (χ0) is 12.2. The highest BCUT2D eigenvalue weighted by molar-refractivity contribution is 5.70. The standard InChI is InChI=1S/C12H23N4/c1-16(2,3)8-4-7-15-12-6-5-10(13)9-11(12)14/h5-6,9,15H,4,7-8,13-14H2,1-3H3/q+1. The van der Waals surface area contributed by atoms with Gasteiger partial charge in [-0.05, 0) is 18.2 Å². The number of benzene rings is 1. The fourth-order valence-corrected chi connectivity index (χ4v) is 1.52. The Labute approximate surface area is 97.8 Å². The average molecular weight is 223 g/mol. The molecule has 0 heterocycles. The Morgan fingerprint density at radius 2 is 1.88 bits per heavy atom. The monoisotopic (exact) mass is 223 g/mol. The van der Waals surface area contributed by atoms with Crippen LogP contribution < -0.4 is 16.8 Å². The van der Waals surface area contributed by atoms with Gasteiger partial charge in [0.25, 0.3) is 0 Å². The van der Waals surface area contributed by atoms with Crippen molar-refractivity contribution in [2.45, 2.75) is 6.42 Å². The van der Waals surface area contributed by atoms with Gasteiger partial charge in [0.2, 0.25) is 0 Å². The van der Waals surface area contributed by atoms with E-state index < -0.39 is 0 Å². The van der Waals surface area contributed by atoms with Gasteiger partial charge in [0.1, 0.15) is 0 Å². The van der Waals surface area contributed by atoms with Gasteiger partial charge in [-0.1, -0.05) is 0 Å². The van der Waals surface area contributed by atoms with E-state index in [-0.39, 0.29) is 0 Å². The molecule has 0 saturated carbocycles. The fourth-order valence-electron chi connectivity index (χ4n) is 1.52. The second kappa shape index (κ2) is 5.07. The molecule has 4 heteroatoms. The summed E-state index contributed by atoms with van der Waals surface area (Å²) in [7, 11) is 6.58. The van der Waals surface area contributed by atoms with E-state index in [9.17, 15) is 0 Å².